The van der Waals surface area contributed by atoms with Crippen molar-refractivity contribution in [1.29, 1.82) is 0 Å². The number of carbonyl (C=O) groups is 2. The lowest BCUT2D eigenvalue weighted by Crippen LogP contribution is -2.12. The third kappa shape index (κ3) is 4.73. The molecule has 0 fully saturated rings. The fourth-order valence-corrected chi connectivity index (χ4v) is 2.65. The van der Waals surface area contributed by atoms with Crippen LogP contribution in [0.25, 0.3) is 0 Å². The Bertz CT molecular complexity index is 804. The molecule has 0 aliphatic rings. The summed E-state index contributed by atoms with van der Waals surface area (Å²) in [6.45, 7) is 1.99. The Morgan fingerprint density at radius 1 is 1.40 bits per heavy atom. The van der Waals surface area contributed by atoms with Crippen LogP contribution in [0.3, 0.4) is 0 Å². The molecule has 0 aliphatic heterocycles. The summed E-state index contributed by atoms with van der Waals surface area (Å²) in [5, 5.41) is 15.5. The van der Waals surface area contributed by atoms with Gasteiger partial charge in [-0.15, -0.1) is 11.3 Å². The van der Waals surface area contributed by atoms with Crippen LogP contribution in [0.2, 0.25) is 0 Å². The van der Waals surface area contributed by atoms with Crippen LogP contribution in [0.5, 0.6) is 5.75 Å². The van der Waals surface area contributed by atoms with Gasteiger partial charge in [0.1, 0.15) is 0 Å². The number of carbonyl (C=O) groups excluding carboxylic acids is 2. The number of nitrogens with zero attached hydrogens (tertiary/aromatic N) is 2. The highest BCUT2D eigenvalue weighted by Gasteiger charge is 2.19. The van der Waals surface area contributed by atoms with Crippen molar-refractivity contribution in [1.82, 2.24) is 4.98 Å². The summed E-state index contributed by atoms with van der Waals surface area (Å²) in [6, 6.07) is 3.89. The monoisotopic (exact) mass is 365 g/mol. The lowest BCUT2D eigenvalue weighted by atomic mass is 10.2. The number of rotatable bonds is 7. The number of benzene rings is 1. The molecule has 2 aromatic rings. The van der Waals surface area contributed by atoms with E-state index in [4.69, 9.17) is 9.47 Å². The van der Waals surface area contributed by atoms with E-state index in [0.29, 0.717) is 5.69 Å². The van der Waals surface area contributed by atoms with Gasteiger partial charge in [0.2, 0.25) is 0 Å². The first-order valence-corrected chi connectivity index (χ1v) is 8.06. The van der Waals surface area contributed by atoms with Gasteiger partial charge in [-0.25, -0.2) is 4.98 Å². The molecule has 25 heavy (non-hydrogen) atoms. The maximum absolute atomic E-state index is 12.2. The van der Waals surface area contributed by atoms with Crippen molar-refractivity contribution in [3.05, 3.63) is 45.0 Å². The Hall–Kier alpha value is -3.01. The van der Waals surface area contributed by atoms with Gasteiger partial charge < -0.3 is 9.47 Å². The first kappa shape index (κ1) is 18.3. The third-order valence-corrected chi connectivity index (χ3v) is 3.85. The zero-order valence-electron chi connectivity index (χ0n) is 13.5. The highest BCUT2D eigenvalue weighted by Crippen LogP contribution is 2.28. The van der Waals surface area contributed by atoms with Crippen molar-refractivity contribution in [2.45, 2.75) is 13.3 Å². The SMILES string of the molecule is CCOC(=O)Cc1csc(NC(=O)c2ccc(OC)c([N+](=O)[O-])c2)n1. The molecule has 0 radical (unpaired) electrons. The molecular weight excluding hydrogens is 350 g/mol. The molecule has 10 heteroatoms. The molecule has 9 nitrogen and oxygen atoms in total. The molecule has 132 valence electrons. The zero-order chi connectivity index (χ0) is 18.4. The summed E-state index contributed by atoms with van der Waals surface area (Å²) in [5.74, 6) is -0.897. The molecule has 0 spiro atoms. The molecule has 0 atom stereocenters. The van der Waals surface area contributed by atoms with Crippen molar-refractivity contribution >= 4 is 34.0 Å². The summed E-state index contributed by atoms with van der Waals surface area (Å²) >= 11 is 1.14. The normalized spacial score (nSPS) is 10.2. The van der Waals surface area contributed by atoms with Crippen molar-refractivity contribution < 1.29 is 24.0 Å². The number of hydrogen-bond donors (Lipinski definition) is 1. The molecule has 0 saturated heterocycles. The molecule has 0 aliphatic carbocycles. The Morgan fingerprint density at radius 3 is 2.80 bits per heavy atom. The lowest BCUT2D eigenvalue weighted by Gasteiger charge is -2.05. The van der Waals surface area contributed by atoms with Gasteiger partial charge in [-0.1, -0.05) is 0 Å². The lowest BCUT2D eigenvalue weighted by molar-refractivity contribution is -0.385. The Balaban J connectivity index is 2.10. The van der Waals surface area contributed by atoms with Gasteiger partial charge in [-0.3, -0.25) is 25.0 Å². The van der Waals surface area contributed by atoms with E-state index >= 15 is 0 Å². The number of methoxy groups -OCH3 is 1. The van der Waals surface area contributed by atoms with Gasteiger partial charge in [-0.05, 0) is 19.1 Å². The van der Waals surface area contributed by atoms with Crippen molar-refractivity contribution in [2.24, 2.45) is 0 Å². The fourth-order valence-electron chi connectivity index (χ4n) is 1.95. The van der Waals surface area contributed by atoms with Crippen LogP contribution in [0, 0.1) is 10.1 Å². The number of thiazole rings is 1. The minimum Gasteiger partial charge on any atom is -0.490 e. The standard InChI is InChI=1S/C15H15N3O6S/c1-3-24-13(19)7-10-8-25-15(16-10)17-14(20)9-4-5-12(23-2)11(6-9)18(21)22/h4-6,8H,3,7H2,1-2H3,(H,16,17,20). The number of aromatic nitrogens is 1. The molecule has 1 aromatic carbocycles. The Morgan fingerprint density at radius 2 is 2.16 bits per heavy atom. The number of nitro benzene ring substituents is 1. The number of anilines is 1. The Kier molecular flexibility index (Phi) is 6.01. The van der Waals surface area contributed by atoms with E-state index in [2.05, 4.69) is 10.3 Å². The molecule has 1 amide bonds. The molecule has 0 bridgehead atoms. The first-order valence-electron chi connectivity index (χ1n) is 7.18. The van der Waals surface area contributed by atoms with E-state index in [1.165, 1.54) is 19.2 Å². The summed E-state index contributed by atoms with van der Waals surface area (Å²) in [6.07, 6.45) is 0.00815. The second kappa shape index (κ2) is 8.20. The summed E-state index contributed by atoms with van der Waals surface area (Å²) in [5.41, 5.74) is 0.256. The zero-order valence-corrected chi connectivity index (χ0v) is 14.3. The van der Waals surface area contributed by atoms with E-state index in [9.17, 15) is 19.7 Å². The highest BCUT2D eigenvalue weighted by atomic mass is 32.1. The third-order valence-electron chi connectivity index (χ3n) is 3.04. The van der Waals surface area contributed by atoms with Gasteiger partial charge in [0, 0.05) is 17.0 Å². The minimum atomic E-state index is -0.629. The second-order valence-electron chi connectivity index (χ2n) is 4.72. The van der Waals surface area contributed by atoms with Gasteiger partial charge >= 0.3 is 11.7 Å². The predicted octanol–water partition coefficient (Wildman–Crippen LogP) is 2.42. The fraction of sp³-hybridized carbons (Fsp3) is 0.267. The van der Waals surface area contributed by atoms with Crippen LogP contribution < -0.4 is 10.1 Å². The quantitative estimate of drug-likeness (QED) is 0.454. The molecule has 2 rings (SSSR count). The van der Waals surface area contributed by atoms with Crippen LogP contribution in [0.1, 0.15) is 23.0 Å². The van der Waals surface area contributed by atoms with Gasteiger partial charge in [0.25, 0.3) is 5.91 Å². The second-order valence-corrected chi connectivity index (χ2v) is 5.58. The minimum absolute atomic E-state index is 0.00815. The number of hydrogen-bond acceptors (Lipinski definition) is 8. The number of nitro groups is 1. The van der Waals surface area contributed by atoms with Crippen LogP contribution in [-0.4, -0.2) is 35.5 Å². The van der Waals surface area contributed by atoms with E-state index < -0.39 is 16.8 Å². The average molecular weight is 365 g/mol. The number of amides is 1. The Labute approximate surface area is 146 Å². The van der Waals surface area contributed by atoms with Crippen LogP contribution in [-0.2, 0) is 16.0 Å². The number of esters is 1. The molecule has 1 heterocycles. The maximum atomic E-state index is 12.2. The van der Waals surface area contributed by atoms with Crippen LogP contribution >= 0.6 is 11.3 Å². The van der Waals surface area contributed by atoms with Gasteiger partial charge in [0.05, 0.1) is 30.8 Å². The van der Waals surface area contributed by atoms with Gasteiger partial charge in [-0.2, -0.15) is 0 Å². The van der Waals surface area contributed by atoms with Gasteiger partial charge in [0.15, 0.2) is 10.9 Å². The topological polar surface area (TPSA) is 121 Å². The average Bonchev–Trinajstić information content (AvgIpc) is 3.01. The highest BCUT2D eigenvalue weighted by molar-refractivity contribution is 7.14. The van der Waals surface area contributed by atoms with E-state index in [1.54, 1.807) is 12.3 Å². The summed E-state index contributed by atoms with van der Waals surface area (Å²) in [4.78, 5) is 38.1. The van der Waals surface area contributed by atoms with Crippen molar-refractivity contribution in [2.75, 3.05) is 19.0 Å². The summed E-state index contributed by atoms with van der Waals surface area (Å²) < 4.78 is 9.72. The molecule has 1 aromatic heterocycles. The molecule has 0 saturated carbocycles. The summed E-state index contributed by atoms with van der Waals surface area (Å²) in [7, 11) is 1.31. The van der Waals surface area contributed by atoms with Crippen LogP contribution in [0.15, 0.2) is 23.6 Å². The van der Waals surface area contributed by atoms with Crippen molar-refractivity contribution in [3.8, 4) is 5.75 Å². The number of ether oxygens (including phenoxy) is 2. The first-order chi connectivity index (χ1) is 11.9. The largest absolute Gasteiger partial charge is 0.490 e. The van der Waals surface area contributed by atoms with Crippen molar-refractivity contribution in [3.63, 3.8) is 0 Å². The number of nitrogens with one attached hydrogen (secondary N) is 1. The predicted molar refractivity (Wildman–Crippen MR) is 90.1 cm³/mol. The smallest absolute Gasteiger partial charge is 0.311 e. The molecule has 0 unspecified atom stereocenters. The van der Waals surface area contributed by atoms with E-state index in [0.717, 1.165) is 17.4 Å². The van der Waals surface area contributed by atoms with E-state index in [1.807, 2.05) is 0 Å². The van der Waals surface area contributed by atoms with E-state index in [-0.39, 0.29) is 35.2 Å². The maximum Gasteiger partial charge on any atom is 0.311 e. The van der Waals surface area contributed by atoms with Crippen LogP contribution in [0.4, 0.5) is 10.8 Å². The molecular formula is C15H15N3O6S. The molecule has 1 N–H and O–H groups in total.